The third-order valence-corrected chi connectivity index (χ3v) is 4.97. The number of halogens is 1. The van der Waals surface area contributed by atoms with Crippen molar-refractivity contribution in [2.75, 3.05) is 6.54 Å². The molecule has 100 valence electrons. The lowest BCUT2D eigenvalue weighted by atomic mass is 10.4. The Morgan fingerprint density at radius 1 is 1.21 bits per heavy atom. The van der Waals surface area contributed by atoms with E-state index in [-0.39, 0.29) is 16.6 Å². The van der Waals surface area contributed by atoms with Gasteiger partial charge in [-0.05, 0) is 12.1 Å². The first-order valence-corrected chi connectivity index (χ1v) is 7.37. The largest absolute Gasteiger partial charge is 0.247 e. The van der Waals surface area contributed by atoms with Crippen molar-refractivity contribution in [3.8, 4) is 0 Å². The van der Waals surface area contributed by atoms with Gasteiger partial charge in [0.15, 0.2) is 0 Å². The van der Waals surface area contributed by atoms with Crippen LogP contribution in [0.3, 0.4) is 0 Å². The Kier molecular flexibility index (Phi) is 3.00. The van der Waals surface area contributed by atoms with Crippen LogP contribution in [0.25, 0.3) is 0 Å². The van der Waals surface area contributed by atoms with Gasteiger partial charge in [0.25, 0.3) is 0 Å². The molecule has 3 heterocycles. The van der Waals surface area contributed by atoms with Crippen LogP contribution < -0.4 is 0 Å². The van der Waals surface area contributed by atoms with E-state index >= 15 is 0 Å². The van der Waals surface area contributed by atoms with Gasteiger partial charge >= 0.3 is 0 Å². The molecule has 0 saturated carbocycles. The van der Waals surface area contributed by atoms with E-state index in [0.717, 1.165) is 0 Å². The maximum atomic E-state index is 12.4. The number of aromatic nitrogens is 4. The summed E-state index contributed by atoms with van der Waals surface area (Å²) in [5.41, 5.74) is 0. The molecule has 0 aromatic carbocycles. The monoisotopic (exact) mass is 299 g/mol. The van der Waals surface area contributed by atoms with Gasteiger partial charge in [0.2, 0.25) is 10.0 Å². The maximum Gasteiger partial charge on any atom is 0.245 e. The second-order valence-corrected chi connectivity index (χ2v) is 6.38. The van der Waals surface area contributed by atoms with E-state index in [2.05, 4.69) is 15.1 Å². The first-order chi connectivity index (χ1) is 9.07. The van der Waals surface area contributed by atoms with Gasteiger partial charge in [-0.25, -0.2) is 23.1 Å². The molecule has 2 aromatic heterocycles. The molecule has 0 amide bonds. The summed E-state index contributed by atoms with van der Waals surface area (Å²) in [4.78, 5) is 7.97. The lowest BCUT2D eigenvalue weighted by Gasteiger charge is -2.25. The van der Waals surface area contributed by atoms with Crippen LogP contribution in [0.15, 0.2) is 29.6 Å². The number of fused-ring (bicyclic) bond motifs is 1. The Hall–Kier alpha value is -1.51. The van der Waals surface area contributed by atoms with E-state index in [1.807, 2.05) is 0 Å². The van der Waals surface area contributed by atoms with E-state index < -0.39 is 10.0 Å². The summed E-state index contributed by atoms with van der Waals surface area (Å²) >= 11 is 5.66. The SMILES string of the molecule is O=S(=O)(c1ccc(Cl)nc1)N1CCn2ncnc2C1. The molecule has 0 N–H and O–H groups in total. The molecule has 0 unspecified atom stereocenters. The van der Waals surface area contributed by atoms with Crippen LogP contribution in [0, 0.1) is 0 Å². The summed E-state index contributed by atoms with van der Waals surface area (Å²) < 4.78 is 27.9. The van der Waals surface area contributed by atoms with Gasteiger partial charge < -0.3 is 0 Å². The van der Waals surface area contributed by atoms with Gasteiger partial charge in [0.05, 0.1) is 13.1 Å². The number of hydrogen-bond acceptors (Lipinski definition) is 5. The van der Waals surface area contributed by atoms with Crippen LogP contribution in [0.2, 0.25) is 5.15 Å². The van der Waals surface area contributed by atoms with Gasteiger partial charge in [-0.15, -0.1) is 0 Å². The Morgan fingerprint density at radius 2 is 2.05 bits per heavy atom. The van der Waals surface area contributed by atoms with Crippen molar-refractivity contribution in [2.45, 2.75) is 18.0 Å². The van der Waals surface area contributed by atoms with Crippen molar-refractivity contribution >= 4 is 21.6 Å². The topological polar surface area (TPSA) is 81.0 Å². The predicted octanol–water partition coefficient (Wildman–Crippen LogP) is 0.531. The van der Waals surface area contributed by atoms with Crippen molar-refractivity contribution in [3.05, 3.63) is 35.6 Å². The van der Waals surface area contributed by atoms with Gasteiger partial charge in [0, 0.05) is 12.7 Å². The Labute approximate surface area is 114 Å². The van der Waals surface area contributed by atoms with Crippen LogP contribution in [-0.4, -0.2) is 39.0 Å². The fourth-order valence-corrected chi connectivity index (χ4v) is 3.35. The molecular weight excluding hydrogens is 290 g/mol. The van der Waals surface area contributed by atoms with Crippen LogP contribution in [0.4, 0.5) is 0 Å². The van der Waals surface area contributed by atoms with Gasteiger partial charge in [-0.2, -0.15) is 9.40 Å². The molecule has 7 nitrogen and oxygen atoms in total. The summed E-state index contributed by atoms with van der Waals surface area (Å²) in [6, 6.07) is 2.91. The van der Waals surface area contributed by atoms with E-state index in [9.17, 15) is 8.42 Å². The molecule has 0 aliphatic carbocycles. The summed E-state index contributed by atoms with van der Waals surface area (Å²) in [7, 11) is -3.57. The molecule has 0 fully saturated rings. The molecule has 0 saturated heterocycles. The molecule has 19 heavy (non-hydrogen) atoms. The van der Waals surface area contributed by atoms with E-state index in [0.29, 0.717) is 18.9 Å². The van der Waals surface area contributed by atoms with Crippen LogP contribution >= 0.6 is 11.6 Å². The highest BCUT2D eigenvalue weighted by molar-refractivity contribution is 7.89. The molecule has 1 aliphatic heterocycles. The second-order valence-electron chi connectivity index (χ2n) is 4.05. The number of hydrogen-bond donors (Lipinski definition) is 0. The average Bonchev–Trinajstić information content (AvgIpc) is 2.86. The van der Waals surface area contributed by atoms with Gasteiger partial charge in [-0.1, -0.05) is 11.6 Å². The first-order valence-electron chi connectivity index (χ1n) is 5.56. The Morgan fingerprint density at radius 3 is 2.79 bits per heavy atom. The van der Waals surface area contributed by atoms with E-state index in [1.54, 1.807) is 4.68 Å². The number of sulfonamides is 1. The van der Waals surface area contributed by atoms with Crippen molar-refractivity contribution in [3.63, 3.8) is 0 Å². The number of nitrogens with zero attached hydrogens (tertiary/aromatic N) is 5. The molecule has 9 heteroatoms. The highest BCUT2D eigenvalue weighted by Crippen LogP contribution is 2.20. The molecular formula is C10H10ClN5O2S. The fourth-order valence-electron chi connectivity index (χ4n) is 1.91. The van der Waals surface area contributed by atoms with Crippen LogP contribution in [0.5, 0.6) is 0 Å². The number of rotatable bonds is 2. The summed E-state index contributed by atoms with van der Waals surface area (Å²) in [6.45, 7) is 1.07. The zero-order chi connectivity index (χ0) is 13.5. The smallest absolute Gasteiger partial charge is 0.245 e. The molecule has 0 spiro atoms. The van der Waals surface area contributed by atoms with E-state index in [4.69, 9.17) is 11.6 Å². The minimum atomic E-state index is -3.57. The van der Waals surface area contributed by atoms with Crippen LogP contribution in [-0.2, 0) is 23.1 Å². The summed E-state index contributed by atoms with van der Waals surface area (Å²) in [5.74, 6) is 0.636. The molecule has 0 radical (unpaired) electrons. The fraction of sp³-hybridized carbons (Fsp3) is 0.300. The highest BCUT2D eigenvalue weighted by atomic mass is 35.5. The quantitative estimate of drug-likeness (QED) is 0.756. The normalized spacial score (nSPS) is 16.3. The van der Waals surface area contributed by atoms with Crippen LogP contribution in [0.1, 0.15) is 5.82 Å². The molecule has 0 bridgehead atoms. The number of pyridine rings is 1. The molecule has 0 atom stereocenters. The van der Waals surface area contributed by atoms with Crippen molar-refractivity contribution < 1.29 is 8.42 Å². The van der Waals surface area contributed by atoms with Gasteiger partial charge in [-0.3, -0.25) is 0 Å². The van der Waals surface area contributed by atoms with Gasteiger partial charge in [0.1, 0.15) is 22.2 Å². The minimum absolute atomic E-state index is 0.130. The standard InChI is InChI=1S/C10H10ClN5O2S/c11-9-2-1-8(5-12-9)19(17,18)15-3-4-16-10(6-15)13-7-14-16/h1-2,5,7H,3-4,6H2. The summed E-state index contributed by atoms with van der Waals surface area (Å²) in [5, 5.41) is 4.27. The third-order valence-electron chi connectivity index (χ3n) is 2.91. The third kappa shape index (κ3) is 2.22. The highest BCUT2D eigenvalue weighted by Gasteiger charge is 2.29. The predicted molar refractivity (Wildman–Crippen MR) is 66.9 cm³/mol. The maximum absolute atomic E-state index is 12.4. The first kappa shape index (κ1) is 12.5. The Bertz CT molecular complexity index is 697. The molecule has 1 aliphatic rings. The van der Waals surface area contributed by atoms with Crippen molar-refractivity contribution in [1.29, 1.82) is 0 Å². The van der Waals surface area contributed by atoms with Crippen molar-refractivity contribution in [2.24, 2.45) is 0 Å². The lowest BCUT2D eigenvalue weighted by Crippen LogP contribution is -2.38. The average molecular weight is 300 g/mol. The minimum Gasteiger partial charge on any atom is -0.247 e. The Balaban J connectivity index is 1.92. The zero-order valence-corrected chi connectivity index (χ0v) is 11.3. The zero-order valence-electron chi connectivity index (χ0n) is 9.77. The summed E-state index contributed by atoms with van der Waals surface area (Å²) in [6.07, 6.45) is 2.69. The second kappa shape index (κ2) is 4.55. The lowest BCUT2D eigenvalue weighted by molar-refractivity contribution is 0.321. The molecule has 3 rings (SSSR count). The van der Waals surface area contributed by atoms with Crippen molar-refractivity contribution in [1.82, 2.24) is 24.1 Å². The molecule has 2 aromatic rings. The van der Waals surface area contributed by atoms with E-state index in [1.165, 1.54) is 29.0 Å².